The minimum atomic E-state index is 0.0327. The van der Waals surface area contributed by atoms with Gasteiger partial charge in [-0.15, -0.1) is 0 Å². The van der Waals surface area contributed by atoms with Crippen molar-refractivity contribution in [2.24, 2.45) is 5.92 Å². The third-order valence-electron chi connectivity index (χ3n) is 4.13. The van der Waals surface area contributed by atoms with Gasteiger partial charge in [0.25, 0.3) is 5.91 Å². The van der Waals surface area contributed by atoms with Crippen molar-refractivity contribution in [1.29, 1.82) is 0 Å². The lowest BCUT2D eigenvalue weighted by Gasteiger charge is -2.33. The number of piperidine rings is 1. The van der Waals surface area contributed by atoms with Crippen LogP contribution in [0.15, 0.2) is 18.2 Å². The van der Waals surface area contributed by atoms with Crippen molar-refractivity contribution in [3.63, 3.8) is 0 Å². The molecule has 3 heterocycles. The Balaban J connectivity index is 1.71. The highest BCUT2D eigenvalue weighted by molar-refractivity contribution is 5.92. The number of likely N-dealkylation sites (tertiary alicyclic amines) is 1. The van der Waals surface area contributed by atoms with Gasteiger partial charge < -0.3 is 9.64 Å². The molecule has 3 rings (SSSR count). The predicted molar refractivity (Wildman–Crippen MR) is 71.9 cm³/mol. The van der Waals surface area contributed by atoms with Crippen molar-refractivity contribution in [3.05, 3.63) is 29.6 Å². The molecule has 0 N–H and O–H groups in total. The van der Waals surface area contributed by atoms with Crippen LogP contribution in [0.25, 0.3) is 0 Å². The first kappa shape index (κ1) is 12.6. The molecule has 1 amide bonds. The minimum absolute atomic E-state index is 0.0327. The first-order valence-electron chi connectivity index (χ1n) is 7.02. The van der Waals surface area contributed by atoms with Crippen molar-refractivity contribution in [2.75, 3.05) is 13.1 Å². The molecule has 2 aliphatic heterocycles. The number of carbonyl (C=O) groups excluding carboxylic acids is 1. The van der Waals surface area contributed by atoms with Gasteiger partial charge >= 0.3 is 0 Å². The number of pyridine rings is 1. The second-order valence-electron chi connectivity index (χ2n) is 5.68. The number of hydrogen-bond acceptors (Lipinski definition) is 3. The number of hydrogen-bond donors (Lipinski definition) is 0. The Bertz CT molecular complexity index is 489. The minimum Gasteiger partial charge on any atom is -0.373 e. The molecule has 0 aliphatic carbocycles. The van der Waals surface area contributed by atoms with E-state index < -0.39 is 0 Å². The summed E-state index contributed by atoms with van der Waals surface area (Å²) in [4.78, 5) is 18.6. The second kappa shape index (κ2) is 4.93. The van der Waals surface area contributed by atoms with Gasteiger partial charge in [0.15, 0.2) is 0 Å². The summed E-state index contributed by atoms with van der Waals surface area (Å²) in [6.07, 6.45) is 2.74. The van der Waals surface area contributed by atoms with Gasteiger partial charge in [-0.3, -0.25) is 4.79 Å². The lowest BCUT2D eigenvalue weighted by molar-refractivity contribution is 0.00138. The van der Waals surface area contributed by atoms with E-state index in [1.54, 1.807) is 6.07 Å². The Hall–Kier alpha value is -1.42. The van der Waals surface area contributed by atoms with E-state index in [0.717, 1.165) is 25.1 Å². The van der Waals surface area contributed by atoms with Gasteiger partial charge in [-0.1, -0.05) is 6.07 Å². The van der Waals surface area contributed by atoms with E-state index in [1.165, 1.54) is 0 Å². The van der Waals surface area contributed by atoms with E-state index in [2.05, 4.69) is 11.9 Å². The van der Waals surface area contributed by atoms with Crippen molar-refractivity contribution in [2.45, 2.75) is 38.9 Å². The highest BCUT2D eigenvalue weighted by Gasteiger charge is 2.38. The molecule has 4 nitrogen and oxygen atoms in total. The normalized spacial score (nSPS) is 30.2. The fraction of sp³-hybridized carbons (Fsp3) is 0.600. The Morgan fingerprint density at radius 1 is 1.47 bits per heavy atom. The quantitative estimate of drug-likeness (QED) is 0.776. The van der Waals surface area contributed by atoms with E-state index in [-0.39, 0.29) is 12.0 Å². The van der Waals surface area contributed by atoms with Gasteiger partial charge in [-0.05, 0) is 44.7 Å². The van der Waals surface area contributed by atoms with Gasteiger partial charge in [-0.25, -0.2) is 4.98 Å². The molecule has 0 aromatic carbocycles. The molecule has 1 aromatic rings. The van der Waals surface area contributed by atoms with E-state index in [1.807, 2.05) is 24.0 Å². The fourth-order valence-electron chi connectivity index (χ4n) is 3.18. The highest BCUT2D eigenvalue weighted by atomic mass is 16.5. The Labute approximate surface area is 113 Å². The first-order chi connectivity index (χ1) is 9.13. The lowest BCUT2D eigenvalue weighted by Crippen LogP contribution is -2.45. The third-order valence-corrected chi connectivity index (χ3v) is 4.13. The molecule has 4 heteroatoms. The van der Waals surface area contributed by atoms with Crippen LogP contribution in [-0.2, 0) is 4.74 Å². The van der Waals surface area contributed by atoms with Crippen molar-refractivity contribution >= 4 is 5.91 Å². The third kappa shape index (κ3) is 2.50. The van der Waals surface area contributed by atoms with E-state index in [9.17, 15) is 4.79 Å². The summed E-state index contributed by atoms with van der Waals surface area (Å²) in [5.74, 6) is 0.662. The Morgan fingerprint density at radius 3 is 3.11 bits per heavy atom. The zero-order valence-corrected chi connectivity index (χ0v) is 11.5. The molecule has 0 radical (unpaired) electrons. The molecule has 0 spiro atoms. The number of aryl methyl sites for hydroxylation is 1. The maximum absolute atomic E-state index is 12.4. The molecule has 102 valence electrons. The molecular formula is C15H20N2O2. The fourth-order valence-corrected chi connectivity index (χ4v) is 3.18. The monoisotopic (exact) mass is 260 g/mol. The molecule has 0 saturated carbocycles. The maximum atomic E-state index is 12.4. The number of rotatable bonds is 1. The van der Waals surface area contributed by atoms with Gasteiger partial charge in [0.05, 0.1) is 12.2 Å². The zero-order chi connectivity index (χ0) is 13.4. The number of ether oxygens (including phenoxy) is 1. The number of fused-ring (bicyclic) bond motifs is 1. The standard InChI is InChI=1S/C15H20N2O2/c1-10-4-3-5-13(16-10)15(18)17-7-6-12-8-11(2)19-14(12)9-17/h3-5,11-12,14H,6-9H2,1-2H3/t11-,12+,14-/m0/s1. The Morgan fingerprint density at radius 2 is 2.32 bits per heavy atom. The van der Waals surface area contributed by atoms with Gasteiger partial charge in [0.1, 0.15) is 5.69 Å². The largest absolute Gasteiger partial charge is 0.373 e. The van der Waals surface area contributed by atoms with Crippen LogP contribution in [0.1, 0.15) is 35.9 Å². The molecule has 3 atom stereocenters. The van der Waals surface area contributed by atoms with Crippen molar-refractivity contribution in [1.82, 2.24) is 9.88 Å². The summed E-state index contributed by atoms with van der Waals surface area (Å²) in [5, 5.41) is 0. The topological polar surface area (TPSA) is 42.4 Å². The first-order valence-corrected chi connectivity index (χ1v) is 7.02. The maximum Gasteiger partial charge on any atom is 0.272 e. The van der Waals surface area contributed by atoms with Crippen LogP contribution >= 0.6 is 0 Å². The summed E-state index contributed by atoms with van der Waals surface area (Å²) < 4.78 is 5.89. The van der Waals surface area contributed by atoms with Gasteiger partial charge in [0.2, 0.25) is 0 Å². The van der Waals surface area contributed by atoms with E-state index >= 15 is 0 Å². The summed E-state index contributed by atoms with van der Waals surface area (Å²) in [5.41, 5.74) is 1.43. The summed E-state index contributed by atoms with van der Waals surface area (Å²) in [7, 11) is 0. The molecule has 1 aromatic heterocycles. The van der Waals surface area contributed by atoms with Crippen LogP contribution in [-0.4, -0.2) is 41.1 Å². The molecule has 2 fully saturated rings. The van der Waals surface area contributed by atoms with Crippen LogP contribution in [0.2, 0.25) is 0 Å². The predicted octanol–water partition coefficient (Wildman–Crippen LogP) is 2.03. The van der Waals surface area contributed by atoms with Gasteiger partial charge in [-0.2, -0.15) is 0 Å². The average molecular weight is 260 g/mol. The summed E-state index contributed by atoms with van der Waals surface area (Å²) in [6, 6.07) is 5.58. The van der Waals surface area contributed by atoms with Crippen LogP contribution in [0, 0.1) is 12.8 Å². The van der Waals surface area contributed by atoms with Crippen molar-refractivity contribution < 1.29 is 9.53 Å². The van der Waals surface area contributed by atoms with Crippen LogP contribution < -0.4 is 0 Å². The van der Waals surface area contributed by atoms with Crippen LogP contribution in [0.5, 0.6) is 0 Å². The molecule has 2 aliphatic rings. The second-order valence-corrected chi connectivity index (χ2v) is 5.68. The molecular weight excluding hydrogens is 240 g/mol. The summed E-state index contributed by atoms with van der Waals surface area (Å²) >= 11 is 0. The number of nitrogens with zero attached hydrogens (tertiary/aromatic N) is 2. The van der Waals surface area contributed by atoms with Crippen LogP contribution in [0.3, 0.4) is 0 Å². The zero-order valence-electron chi connectivity index (χ0n) is 11.5. The number of carbonyl (C=O) groups is 1. The number of aromatic nitrogens is 1. The van der Waals surface area contributed by atoms with E-state index in [4.69, 9.17) is 4.74 Å². The van der Waals surface area contributed by atoms with Crippen LogP contribution in [0.4, 0.5) is 0 Å². The SMILES string of the molecule is Cc1cccc(C(=O)N2CC[C@@H]3C[C@H](C)O[C@H]3C2)n1. The number of amides is 1. The van der Waals surface area contributed by atoms with E-state index in [0.29, 0.717) is 24.3 Å². The molecule has 0 bridgehead atoms. The lowest BCUT2D eigenvalue weighted by atomic mass is 9.92. The average Bonchev–Trinajstić information content (AvgIpc) is 2.76. The smallest absolute Gasteiger partial charge is 0.272 e. The Kier molecular flexibility index (Phi) is 3.27. The van der Waals surface area contributed by atoms with Crippen molar-refractivity contribution in [3.8, 4) is 0 Å². The van der Waals surface area contributed by atoms with Gasteiger partial charge in [0, 0.05) is 18.8 Å². The highest BCUT2D eigenvalue weighted by Crippen LogP contribution is 2.33. The molecule has 0 unspecified atom stereocenters. The molecule has 19 heavy (non-hydrogen) atoms. The summed E-state index contributed by atoms with van der Waals surface area (Å²) in [6.45, 7) is 5.56. The molecule has 2 saturated heterocycles.